The van der Waals surface area contributed by atoms with Gasteiger partial charge in [0.25, 0.3) is 0 Å². The lowest BCUT2D eigenvalue weighted by atomic mass is 10.1. The summed E-state index contributed by atoms with van der Waals surface area (Å²) >= 11 is 0. The van der Waals surface area contributed by atoms with Crippen LogP contribution in [0.1, 0.15) is 149 Å². The predicted molar refractivity (Wildman–Crippen MR) is 231 cm³/mol. The first kappa shape index (κ1) is 52.5. The molecule has 0 rings (SSSR count). The number of esters is 2. The van der Waals surface area contributed by atoms with Gasteiger partial charge in [0, 0.05) is 19.3 Å². The molecule has 318 valence electrons. The van der Waals surface area contributed by atoms with Gasteiger partial charge < -0.3 is 28.6 Å². The van der Waals surface area contributed by atoms with Gasteiger partial charge in [-0.3, -0.25) is 9.59 Å². The van der Waals surface area contributed by atoms with Gasteiger partial charge in [0.1, 0.15) is 12.6 Å². The lowest BCUT2D eigenvalue weighted by Gasteiger charge is -2.34. The Morgan fingerprint density at radius 3 is 1.64 bits per heavy atom. The third-order valence-corrected chi connectivity index (χ3v) is 9.14. The van der Waals surface area contributed by atoms with Crippen LogP contribution < -0.4 is 5.11 Å². The topological polar surface area (TPSA) is 102 Å². The lowest BCUT2D eigenvalue weighted by Crippen LogP contribution is -2.55. The van der Waals surface area contributed by atoms with Crippen LogP contribution in [0.5, 0.6) is 0 Å². The molecule has 0 bridgehead atoms. The van der Waals surface area contributed by atoms with E-state index in [-0.39, 0.29) is 49.1 Å². The summed E-state index contributed by atoms with van der Waals surface area (Å²) in [5, 5.41) is 11.6. The van der Waals surface area contributed by atoms with E-state index < -0.39 is 18.1 Å². The summed E-state index contributed by atoms with van der Waals surface area (Å²) in [5.41, 5.74) is 0. The normalized spacial score (nSPS) is 13.8. The first-order valence-electron chi connectivity index (χ1n) is 21.7. The molecule has 0 fully saturated rings. The molecule has 0 heterocycles. The largest absolute Gasteiger partial charge is 0.544 e. The van der Waals surface area contributed by atoms with Gasteiger partial charge in [-0.25, -0.2) is 0 Å². The standard InChI is InChI=1S/C48H79NO7/c1-6-8-10-12-14-16-18-20-22-23-25-26-28-30-32-34-36-38-46(50)55-43-44(42-54-41-40-45(48(52)53)49(3,4)5)56-47(51)39-37-35-33-31-29-27-24-21-19-17-15-13-11-9-7-2/h9,11,13-17,19-22,24,27,29,44-45H,6-8,10,12,18,23,25-26,28,30-43H2,1-5H3/b11-9+,15-13+,16-14+,19-17+,22-20+,24-21+,29-27+. The van der Waals surface area contributed by atoms with Crippen molar-refractivity contribution in [3.8, 4) is 0 Å². The van der Waals surface area contributed by atoms with Gasteiger partial charge in [0.15, 0.2) is 6.10 Å². The molecule has 8 heteroatoms. The van der Waals surface area contributed by atoms with E-state index in [0.717, 1.165) is 57.8 Å². The average molecular weight is 782 g/mol. The zero-order valence-corrected chi connectivity index (χ0v) is 36.0. The van der Waals surface area contributed by atoms with Gasteiger partial charge in [-0.1, -0.05) is 150 Å². The number of hydrogen-bond acceptors (Lipinski definition) is 7. The third-order valence-electron chi connectivity index (χ3n) is 9.14. The molecule has 0 amide bonds. The maximum atomic E-state index is 12.7. The monoisotopic (exact) mass is 782 g/mol. The minimum Gasteiger partial charge on any atom is -0.544 e. The third kappa shape index (κ3) is 36.2. The van der Waals surface area contributed by atoms with Gasteiger partial charge in [0.2, 0.25) is 0 Å². The number of carboxylic acids is 1. The van der Waals surface area contributed by atoms with Gasteiger partial charge >= 0.3 is 11.9 Å². The van der Waals surface area contributed by atoms with Crippen molar-refractivity contribution in [1.29, 1.82) is 0 Å². The average Bonchev–Trinajstić information content (AvgIpc) is 3.15. The molecule has 0 aliphatic carbocycles. The Hall–Kier alpha value is -3.49. The van der Waals surface area contributed by atoms with Crippen LogP contribution in [0.3, 0.4) is 0 Å². The Labute approximate surface area is 342 Å². The minimum absolute atomic E-state index is 0.0155. The van der Waals surface area contributed by atoms with Crippen LogP contribution in [-0.2, 0) is 28.6 Å². The van der Waals surface area contributed by atoms with E-state index in [9.17, 15) is 19.5 Å². The van der Waals surface area contributed by atoms with Crippen molar-refractivity contribution in [2.75, 3.05) is 41.0 Å². The Balaban J connectivity index is 4.46. The Morgan fingerprint density at radius 1 is 0.571 bits per heavy atom. The molecule has 0 aromatic rings. The molecule has 0 aromatic carbocycles. The van der Waals surface area contributed by atoms with E-state index in [4.69, 9.17) is 14.2 Å². The SMILES string of the molecule is CC/C=C/C=C/C=C/C=C/C=C/CCCCCC(=O)OC(COCCC(C(=O)[O-])[N+](C)(C)C)COC(=O)CCCCCCCCC/C=C/C/C=C/CCCCC. The van der Waals surface area contributed by atoms with E-state index in [1.807, 2.05) is 48.6 Å². The van der Waals surface area contributed by atoms with E-state index in [1.165, 1.54) is 51.4 Å². The first-order chi connectivity index (χ1) is 27.1. The summed E-state index contributed by atoms with van der Waals surface area (Å²) in [6.07, 6.45) is 48.9. The molecule has 0 aromatic heterocycles. The van der Waals surface area contributed by atoms with Crippen molar-refractivity contribution in [3.63, 3.8) is 0 Å². The zero-order chi connectivity index (χ0) is 41.4. The van der Waals surface area contributed by atoms with Crippen molar-refractivity contribution in [2.45, 2.75) is 161 Å². The summed E-state index contributed by atoms with van der Waals surface area (Å²) in [4.78, 5) is 36.8. The number of allylic oxidation sites excluding steroid dienone is 14. The molecule has 2 atom stereocenters. The van der Waals surface area contributed by atoms with Crippen molar-refractivity contribution in [3.05, 3.63) is 85.1 Å². The molecular weight excluding hydrogens is 703 g/mol. The van der Waals surface area contributed by atoms with Gasteiger partial charge in [0.05, 0.1) is 40.3 Å². The molecule has 56 heavy (non-hydrogen) atoms. The number of carboxylic acid groups (broad SMARTS) is 1. The van der Waals surface area contributed by atoms with E-state index in [0.29, 0.717) is 12.8 Å². The van der Waals surface area contributed by atoms with Crippen molar-refractivity contribution >= 4 is 17.9 Å². The maximum absolute atomic E-state index is 12.7. The summed E-state index contributed by atoms with van der Waals surface area (Å²) in [6.45, 7) is 4.42. The maximum Gasteiger partial charge on any atom is 0.306 e. The molecule has 2 unspecified atom stereocenters. The smallest absolute Gasteiger partial charge is 0.306 e. The summed E-state index contributed by atoms with van der Waals surface area (Å²) in [5.74, 6) is -1.81. The Bertz CT molecular complexity index is 1190. The molecule has 0 aliphatic heterocycles. The van der Waals surface area contributed by atoms with Crippen LogP contribution in [0.15, 0.2) is 85.1 Å². The van der Waals surface area contributed by atoms with Crippen molar-refractivity contribution in [1.82, 2.24) is 0 Å². The molecule has 0 saturated carbocycles. The number of unbranched alkanes of at least 4 members (excludes halogenated alkanes) is 13. The highest BCUT2D eigenvalue weighted by Gasteiger charge is 2.25. The Morgan fingerprint density at radius 2 is 1.07 bits per heavy atom. The van der Waals surface area contributed by atoms with Crippen LogP contribution >= 0.6 is 0 Å². The molecule has 0 aliphatic rings. The fourth-order valence-corrected chi connectivity index (χ4v) is 5.77. The molecule has 0 N–H and O–H groups in total. The fourth-order valence-electron chi connectivity index (χ4n) is 5.77. The van der Waals surface area contributed by atoms with E-state index in [1.54, 1.807) is 21.1 Å². The highest BCUT2D eigenvalue weighted by molar-refractivity contribution is 5.70. The lowest BCUT2D eigenvalue weighted by molar-refractivity contribution is -0.889. The highest BCUT2D eigenvalue weighted by atomic mass is 16.6. The van der Waals surface area contributed by atoms with Crippen LogP contribution in [0, 0.1) is 0 Å². The second-order valence-electron chi connectivity index (χ2n) is 15.3. The highest BCUT2D eigenvalue weighted by Crippen LogP contribution is 2.13. The van der Waals surface area contributed by atoms with Gasteiger partial charge in [-0.05, 0) is 64.2 Å². The summed E-state index contributed by atoms with van der Waals surface area (Å²) < 4.78 is 17.1. The number of carbonyl (C=O) groups is 3. The molecular formula is C48H79NO7. The number of likely N-dealkylation sites (N-methyl/N-ethyl adjacent to an activating group) is 1. The second kappa shape index (κ2) is 38.4. The quantitative estimate of drug-likeness (QED) is 0.0203. The molecule has 0 spiro atoms. The molecule has 0 radical (unpaired) electrons. The van der Waals surface area contributed by atoms with E-state index >= 15 is 0 Å². The molecule has 8 nitrogen and oxygen atoms in total. The van der Waals surface area contributed by atoms with Crippen molar-refractivity contribution in [2.24, 2.45) is 0 Å². The number of ether oxygens (including phenoxy) is 3. The zero-order valence-electron chi connectivity index (χ0n) is 36.0. The van der Waals surface area contributed by atoms with Gasteiger partial charge in [-0.2, -0.15) is 0 Å². The van der Waals surface area contributed by atoms with Crippen LogP contribution in [0.2, 0.25) is 0 Å². The number of hydrogen-bond donors (Lipinski definition) is 0. The number of nitrogens with zero attached hydrogens (tertiary/aromatic N) is 1. The summed E-state index contributed by atoms with van der Waals surface area (Å²) in [6, 6.07) is -0.739. The fraction of sp³-hybridized carbons (Fsp3) is 0.646. The number of rotatable bonds is 37. The summed E-state index contributed by atoms with van der Waals surface area (Å²) in [7, 11) is 5.37. The van der Waals surface area contributed by atoms with Crippen LogP contribution in [-0.4, -0.2) is 75.5 Å². The number of quaternary nitrogens is 1. The van der Waals surface area contributed by atoms with Gasteiger partial charge in [-0.15, -0.1) is 0 Å². The van der Waals surface area contributed by atoms with Crippen LogP contribution in [0.4, 0.5) is 0 Å². The number of aliphatic carboxylic acids is 1. The van der Waals surface area contributed by atoms with Crippen LogP contribution in [0.25, 0.3) is 0 Å². The second-order valence-corrected chi connectivity index (χ2v) is 15.3. The first-order valence-corrected chi connectivity index (χ1v) is 21.7. The predicted octanol–water partition coefficient (Wildman–Crippen LogP) is 10.4. The number of carbonyl (C=O) groups excluding carboxylic acids is 3. The molecule has 0 saturated heterocycles. The minimum atomic E-state index is -1.14. The Kier molecular flexibility index (Phi) is 36.0. The van der Waals surface area contributed by atoms with Crippen molar-refractivity contribution < 1.29 is 38.2 Å². The van der Waals surface area contributed by atoms with E-state index in [2.05, 4.69) is 50.3 Å².